The van der Waals surface area contributed by atoms with Crippen LogP contribution in [0.25, 0.3) is 11.3 Å². The molecule has 0 radical (unpaired) electrons. The molecule has 3 N–H and O–H groups in total. The second-order valence-corrected chi connectivity index (χ2v) is 7.59. The Hall–Kier alpha value is -2.38. The smallest absolute Gasteiger partial charge is 0.330 e. The zero-order valence-electron chi connectivity index (χ0n) is 15.4. The number of nitrogens with zero attached hydrogens (tertiary/aromatic N) is 1. The fraction of sp³-hybridized carbons (Fsp3) is 0.421. The van der Waals surface area contributed by atoms with Crippen molar-refractivity contribution in [2.45, 2.75) is 38.8 Å². The lowest BCUT2D eigenvalue weighted by Crippen LogP contribution is -2.76. The molecule has 144 valence electrons. The van der Waals surface area contributed by atoms with Crippen molar-refractivity contribution in [3.05, 3.63) is 41.0 Å². The molecule has 3 rings (SSSR count). The maximum absolute atomic E-state index is 12.7. The van der Waals surface area contributed by atoms with Gasteiger partial charge in [0.2, 0.25) is 0 Å². The molecule has 0 aliphatic heterocycles. The number of aliphatic carboxylic acids is 1. The molecule has 1 aromatic heterocycles. The van der Waals surface area contributed by atoms with Crippen molar-refractivity contribution >= 4 is 23.5 Å². The van der Waals surface area contributed by atoms with Gasteiger partial charge in [0.25, 0.3) is 5.91 Å². The summed E-state index contributed by atoms with van der Waals surface area (Å²) < 4.78 is 5.61. The summed E-state index contributed by atoms with van der Waals surface area (Å²) in [6.45, 7) is 5.91. The molecule has 1 saturated carbocycles. The fourth-order valence-corrected chi connectivity index (χ4v) is 3.78. The summed E-state index contributed by atoms with van der Waals surface area (Å²) in [5.41, 5.74) is -0.797. The number of aromatic nitrogens is 2. The number of halogens is 1. The van der Waals surface area contributed by atoms with Gasteiger partial charge in [-0.05, 0) is 19.1 Å². The number of amides is 1. The predicted molar refractivity (Wildman–Crippen MR) is 101 cm³/mol. The average molecular weight is 392 g/mol. The van der Waals surface area contributed by atoms with Crippen LogP contribution in [0.15, 0.2) is 30.3 Å². The zero-order chi connectivity index (χ0) is 19.8. The lowest BCUT2D eigenvalue weighted by Gasteiger charge is -2.58. The summed E-state index contributed by atoms with van der Waals surface area (Å²) in [7, 11) is 0. The van der Waals surface area contributed by atoms with Gasteiger partial charge in [-0.15, -0.1) is 0 Å². The standard InChI is InChI=1S/C19H22ClN3O4/c1-4-27-15-10-19(17(25)26,18(15,2)3)21-16(24)14-9-13(22-23-14)11-7-5-6-8-12(11)20/h5-9,15H,4,10H2,1-3H3,(H,21,24)(H,22,23)(H,25,26). The van der Waals surface area contributed by atoms with Crippen LogP contribution in [-0.2, 0) is 9.53 Å². The Morgan fingerprint density at radius 3 is 2.70 bits per heavy atom. The molecule has 1 fully saturated rings. The minimum atomic E-state index is -1.40. The number of hydrogen-bond acceptors (Lipinski definition) is 4. The SMILES string of the molecule is CCOC1CC(NC(=O)c2cc(-c3ccccc3Cl)n[nH]2)(C(=O)O)C1(C)C. The predicted octanol–water partition coefficient (Wildman–Crippen LogP) is 3.12. The van der Waals surface area contributed by atoms with E-state index in [1.165, 1.54) is 0 Å². The number of aromatic amines is 1. The molecule has 8 heteroatoms. The van der Waals surface area contributed by atoms with Crippen molar-refractivity contribution in [1.82, 2.24) is 15.5 Å². The first-order chi connectivity index (χ1) is 12.7. The lowest BCUT2D eigenvalue weighted by atomic mass is 9.54. The van der Waals surface area contributed by atoms with Crippen LogP contribution in [0.4, 0.5) is 0 Å². The number of carbonyl (C=O) groups is 2. The van der Waals surface area contributed by atoms with Crippen LogP contribution >= 0.6 is 11.6 Å². The van der Waals surface area contributed by atoms with Gasteiger partial charge in [-0.3, -0.25) is 9.89 Å². The molecular formula is C19H22ClN3O4. The minimum Gasteiger partial charge on any atom is -0.479 e. The maximum atomic E-state index is 12.7. The largest absolute Gasteiger partial charge is 0.479 e. The third kappa shape index (κ3) is 3.11. The molecule has 7 nitrogen and oxygen atoms in total. The molecule has 2 unspecified atom stereocenters. The third-order valence-corrected chi connectivity index (χ3v) is 5.76. The Kier molecular flexibility index (Phi) is 5.01. The maximum Gasteiger partial charge on any atom is 0.330 e. The second-order valence-electron chi connectivity index (χ2n) is 7.18. The van der Waals surface area contributed by atoms with Gasteiger partial charge in [-0.25, -0.2) is 4.79 Å². The number of hydrogen-bond donors (Lipinski definition) is 3. The topological polar surface area (TPSA) is 104 Å². The first-order valence-electron chi connectivity index (χ1n) is 8.70. The highest BCUT2D eigenvalue weighted by molar-refractivity contribution is 6.33. The average Bonchev–Trinajstić information content (AvgIpc) is 3.10. The van der Waals surface area contributed by atoms with Crippen LogP contribution in [0.1, 0.15) is 37.7 Å². The molecule has 2 atom stereocenters. The van der Waals surface area contributed by atoms with E-state index in [0.717, 1.165) is 0 Å². The number of benzene rings is 1. The number of ether oxygens (including phenoxy) is 1. The molecule has 1 heterocycles. The van der Waals surface area contributed by atoms with Crippen molar-refractivity contribution in [2.75, 3.05) is 6.61 Å². The minimum absolute atomic E-state index is 0.168. The summed E-state index contributed by atoms with van der Waals surface area (Å²) in [5.74, 6) is -1.62. The van der Waals surface area contributed by atoms with Crippen LogP contribution in [0, 0.1) is 5.41 Å². The van der Waals surface area contributed by atoms with Crippen LogP contribution in [-0.4, -0.2) is 45.4 Å². The second kappa shape index (κ2) is 6.98. The van der Waals surface area contributed by atoms with Gasteiger partial charge < -0.3 is 15.2 Å². The number of nitrogens with one attached hydrogen (secondary N) is 2. The lowest BCUT2D eigenvalue weighted by molar-refractivity contribution is -0.190. The van der Waals surface area contributed by atoms with E-state index >= 15 is 0 Å². The number of carboxylic acids is 1. The molecule has 0 spiro atoms. The van der Waals surface area contributed by atoms with E-state index in [-0.39, 0.29) is 18.2 Å². The van der Waals surface area contributed by atoms with Gasteiger partial charge in [0, 0.05) is 24.0 Å². The Labute approximate surface area is 162 Å². The molecule has 27 heavy (non-hydrogen) atoms. The van der Waals surface area contributed by atoms with Crippen molar-refractivity contribution in [2.24, 2.45) is 5.41 Å². The Morgan fingerprint density at radius 2 is 2.11 bits per heavy atom. The van der Waals surface area contributed by atoms with Crippen LogP contribution in [0.3, 0.4) is 0 Å². The Morgan fingerprint density at radius 1 is 1.41 bits per heavy atom. The van der Waals surface area contributed by atoms with Crippen molar-refractivity contribution < 1.29 is 19.4 Å². The van der Waals surface area contributed by atoms with E-state index in [2.05, 4.69) is 15.5 Å². The first-order valence-corrected chi connectivity index (χ1v) is 9.08. The van der Waals surface area contributed by atoms with Crippen molar-refractivity contribution in [3.8, 4) is 11.3 Å². The van der Waals surface area contributed by atoms with Gasteiger partial charge >= 0.3 is 5.97 Å². The zero-order valence-corrected chi connectivity index (χ0v) is 16.1. The highest BCUT2D eigenvalue weighted by Crippen LogP contribution is 2.51. The molecular weight excluding hydrogens is 370 g/mol. The van der Waals surface area contributed by atoms with Crippen molar-refractivity contribution in [1.29, 1.82) is 0 Å². The summed E-state index contributed by atoms with van der Waals surface area (Å²) in [5, 5.41) is 19.8. The number of H-pyrrole nitrogens is 1. The van der Waals surface area contributed by atoms with Crippen molar-refractivity contribution in [3.63, 3.8) is 0 Å². The molecule has 1 amide bonds. The van der Waals surface area contributed by atoms with E-state index in [1.54, 1.807) is 38.1 Å². The number of carbonyl (C=O) groups excluding carboxylic acids is 1. The summed E-state index contributed by atoms with van der Waals surface area (Å²) in [4.78, 5) is 24.7. The number of rotatable bonds is 6. The summed E-state index contributed by atoms with van der Waals surface area (Å²) >= 11 is 6.16. The van der Waals surface area contributed by atoms with E-state index in [0.29, 0.717) is 22.9 Å². The molecule has 1 aromatic carbocycles. The van der Waals surface area contributed by atoms with E-state index in [4.69, 9.17) is 16.3 Å². The van der Waals surface area contributed by atoms with Gasteiger partial charge in [-0.2, -0.15) is 5.10 Å². The van der Waals surface area contributed by atoms with Crippen LogP contribution < -0.4 is 5.32 Å². The molecule has 1 aliphatic rings. The Bertz CT molecular complexity index is 879. The molecule has 0 saturated heterocycles. The molecule has 1 aliphatic carbocycles. The van der Waals surface area contributed by atoms with Gasteiger partial charge in [-0.1, -0.05) is 43.6 Å². The van der Waals surface area contributed by atoms with E-state index in [1.807, 2.05) is 13.0 Å². The quantitative estimate of drug-likeness (QED) is 0.701. The monoisotopic (exact) mass is 391 g/mol. The van der Waals surface area contributed by atoms with Gasteiger partial charge in [0.15, 0.2) is 0 Å². The van der Waals surface area contributed by atoms with E-state index < -0.39 is 22.8 Å². The first kappa shape index (κ1) is 19.4. The highest BCUT2D eigenvalue weighted by Gasteiger charge is 2.66. The van der Waals surface area contributed by atoms with Crippen LogP contribution in [0.2, 0.25) is 5.02 Å². The van der Waals surface area contributed by atoms with E-state index in [9.17, 15) is 14.7 Å². The number of carboxylic acid groups (broad SMARTS) is 1. The summed E-state index contributed by atoms with van der Waals surface area (Å²) in [6, 6.07) is 8.70. The molecule has 2 aromatic rings. The molecule has 0 bridgehead atoms. The van der Waals surface area contributed by atoms with Gasteiger partial charge in [0.05, 0.1) is 16.8 Å². The van der Waals surface area contributed by atoms with Crippen LogP contribution in [0.5, 0.6) is 0 Å². The highest BCUT2D eigenvalue weighted by atomic mass is 35.5. The summed E-state index contributed by atoms with van der Waals surface area (Å²) in [6.07, 6.45) is -0.0280. The third-order valence-electron chi connectivity index (χ3n) is 5.43. The fourth-order valence-electron chi connectivity index (χ4n) is 3.54. The normalized spacial score (nSPS) is 23.5. The Balaban J connectivity index is 1.83. The van der Waals surface area contributed by atoms with Gasteiger partial charge in [0.1, 0.15) is 11.2 Å².